The normalized spacial score (nSPS) is 23.3. The largest absolute Gasteiger partial charge is 0.340 e. The lowest BCUT2D eigenvalue weighted by Gasteiger charge is -2.33. The zero-order valence-electron chi connectivity index (χ0n) is 11.5. The summed E-state index contributed by atoms with van der Waals surface area (Å²) < 4.78 is 0. The average Bonchev–Trinajstić information content (AvgIpc) is 2.40. The molecule has 5 nitrogen and oxygen atoms in total. The molecular formula is C13H26N4O. The minimum absolute atomic E-state index is 0.346. The number of amides is 1. The Labute approximate surface area is 110 Å². The second kappa shape index (κ2) is 7.07. The maximum Gasteiger partial charge on any atom is 0.222 e. The Morgan fingerprint density at radius 3 is 2.39 bits per heavy atom. The molecule has 2 rings (SSSR count). The van der Waals surface area contributed by atoms with Crippen molar-refractivity contribution in [3.8, 4) is 0 Å². The van der Waals surface area contributed by atoms with Crippen LogP contribution >= 0.6 is 0 Å². The molecule has 0 aliphatic carbocycles. The van der Waals surface area contributed by atoms with Crippen molar-refractivity contribution in [2.24, 2.45) is 0 Å². The fraction of sp³-hybridized carbons (Fsp3) is 0.923. The van der Waals surface area contributed by atoms with Gasteiger partial charge in [0, 0.05) is 58.8 Å². The van der Waals surface area contributed by atoms with Gasteiger partial charge in [0.05, 0.1) is 0 Å². The predicted molar refractivity (Wildman–Crippen MR) is 72.6 cm³/mol. The molecule has 5 heteroatoms. The van der Waals surface area contributed by atoms with E-state index < -0.39 is 0 Å². The van der Waals surface area contributed by atoms with Crippen molar-refractivity contribution >= 4 is 5.91 Å². The van der Waals surface area contributed by atoms with Crippen LogP contribution in [-0.2, 0) is 4.79 Å². The van der Waals surface area contributed by atoms with E-state index in [1.807, 2.05) is 4.90 Å². The second-order valence-electron chi connectivity index (χ2n) is 5.38. The van der Waals surface area contributed by atoms with Crippen molar-refractivity contribution in [1.29, 1.82) is 0 Å². The van der Waals surface area contributed by atoms with Crippen molar-refractivity contribution in [2.75, 3.05) is 66.0 Å². The van der Waals surface area contributed by atoms with Gasteiger partial charge in [-0.05, 0) is 20.0 Å². The highest BCUT2D eigenvalue weighted by Crippen LogP contribution is 2.05. The first kappa shape index (κ1) is 13.8. The molecule has 2 saturated heterocycles. The van der Waals surface area contributed by atoms with Crippen molar-refractivity contribution in [3.05, 3.63) is 0 Å². The molecular weight excluding hydrogens is 228 g/mol. The van der Waals surface area contributed by atoms with Gasteiger partial charge in [0.1, 0.15) is 0 Å². The first-order chi connectivity index (χ1) is 8.75. The summed E-state index contributed by atoms with van der Waals surface area (Å²) in [6.07, 6.45) is 1.72. The van der Waals surface area contributed by atoms with Crippen molar-refractivity contribution < 1.29 is 4.79 Å². The number of nitrogens with one attached hydrogen (secondary N) is 1. The zero-order valence-corrected chi connectivity index (χ0v) is 11.5. The van der Waals surface area contributed by atoms with Gasteiger partial charge < -0.3 is 20.0 Å². The Hall–Kier alpha value is -0.650. The minimum Gasteiger partial charge on any atom is -0.340 e. The third-order valence-electron chi connectivity index (χ3n) is 3.93. The van der Waals surface area contributed by atoms with E-state index in [-0.39, 0.29) is 0 Å². The highest BCUT2D eigenvalue weighted by atomic mass is 16.2. The van der Waals surface area contributed by atoms with E-state index >= 15 is 0 Å². The van der Waals surface area contributed by atoms with Gasteiger partial charge in [-0.1, -0.05) is 0 Å². The van der Waals surface area contributed by atoms with Crippen LogP contribution in [0.2, 0.25) is 0 Å². The van der Waals surface area contributed by atoms with Gasteiger partial charge in [-0.3, -0.25) is 4.79 Å². The van der Waals surface area contributed by atoms with E-state index in [1.54, 1.807) is 0 Å². The third kappa shape index (κ3) is 4.23. The summed E-state index contributed by atoms with van der Waals surface area (Å²) >= 11 is 0. The van der Waals surface area contributed by atoms with E-state index in [0.29, 0.717) is 12.3 Å². The average molecular weight is 254 g/mol. The summed E-state index contributed by atoms with van der Waals surface area (Å²) in [7, 11) is 2.12. The van der Waals surface area contributed by atoms with Crippen LogP contribution in [0.5, 0.6) is 0 Å². The monoisotopic (exact) mass is 254 g/mol. The lowest BCUT2D eigenvalue weighted by atomic mass is 10.2. The highest BCUT2D eigenvalue weighted by Gasteiger charge is 2.18. The van der Waals surface area contributed by atoms with E-state index in [9.17, 15) is 4.79 Å². The molecule has 0 spiro atoms. The molecule has 0 aromatic rings. The molecule has 18 heavy (non-hydrogen) atoms. The number of nitrogens with zero attached hydrogens (tertiary/aromatic N) is 3. The van der Waals surface area contributed by atoms with Gasteiger partial charge in [0.25, 0.3) is 0 Å². The summed E-state index contributed by atoms with van der Waals surface area (Å²) in [5.74, 6) is 0.346. The van der Waals surface area contributed by atoms with Gasteiger partial charge >= 0.3 is 0 Å². The van der Waals surface area contributed by atoms with Crippen LogP contribution in [0, 0.1) is 0 Å². The summed E-state index contributed by atoms with van der Waals surface area (Å²) in [6.45, 7) is 9.35. The molecule has 1 amide bonds. The summed E-state index contributed by atoms with van der Waals surface area (Å²) in [6, 6.07) is 0. The summed E-state index contributed by atoms with van der Waals surface area (Å²) in [5, 5.41) is 3.35. The lowest BCUT2D eigenvalue weighted by Crippen LogP contribution is -2.47. The summed E-state index contributed by atoms with van der Waals surface area (Å²) in [4.78, 5) is 18.8. The molecule has 0 aromatic heterocycles. The Bertz CT molecular complexity index is 258. The van der Waals surface area contributed by atoms with Gasteiger partial charge in [-0.15, -0.1) is 0 Å². The molecule has 0 atom stereocenters. The molecule has 2 aliphatic heterocycles. The number of rotatable bonds is 4. The molecule has 0 unspecified atom stereocenters. The molecule has 2 heterocycles. The van der Waals surface area contributed by atoms with E-state index in [4.69, 9.17) is 0 Å². The van der Waals surface area contributed by atoms with Crippen LogP contribution < -0.4 is 5.32 Å². The van der Waals surface area contributed by atoms with Gasteiger partial charge in [-0.25, -0.2) is 0 Å². The van der Waals surface area contributed by atoms with Crippen LogP contribution in [0.15, 0.2) is 0 Å². The maximum absolute atomic E-state index is 12.0. The van der Waals surface area contributed by atoms with Crippen molar-refractivity contribution in [2.45, 2.75) is 12.8 Å². The maximum atomic E-state index is 12.0. The Balaban J connectivity index is 1.59. The number of carbonyl (C=O) groups is 1. The molecule has 2 aliphatic rings. The van der Waals surface area contributed by atoms with Crippen LogP contribution in [-0.4, -0.2) is 86.6 Å². The fourth-order valence-corrected chi connectivity index (χ4v) is 2.60. The standard InChI is InChI=1S/C13H26N4O/c1-15-9-11-17(12-10-15)13(18)3-2-6-16-7-4-14-5-8-16/h14H,2-12H2,1H3. The van der Waals surface area contributed by atoms with Gasteiger partial charge in [0.15, 0.2) is 0 Å². The SMILES string of the molecule is CN1CCN(C(=O)CCCN2CCNCC2)CC1. The van der Waals surface area contributed by atoms with Gasteiger partial charge in [0.2, 0.25) is 5.91 Å². The first-order valence-electron chi connectivity index (χ1n) is 7.15. The first-order valence-corrected chi connectivity index (χ1v) is 7.15. The number of hydrogen-bond acceptors (Lipinski definition) is 4. The molecule has 1 N–H and O–H groups in total. The van der Waals surface area contributed by atoms with Crippen LogP contribution in [0.25, 0.3) is 0 Å². The fourth-order valence-electron chi connectivity index (χ4n) is 2.60. The van der Waals surface area contributed by atoms with Crippen LogP contribution in [0.1, 0.15) is 12.8 Å². The van der Waals surface area contributed by atoms with Crippen molar-refractivity contribution in [3.63, 3.8) is 0 Å². The molecule has 2 fully saturated rings. The molecule has 104 valence electrons. The van der Waals surface area contributed by atoms with Crippen LogP contribution in [0.3, 0.4) is 0 Å². The van der Waals surface area contributed by atoms with E-state index in [1.165, 1.54) is 0 Å². The lowest BCUT2D eigenvalue weighted by molar-refractivity contribution is -0.132. The highest BCUT2D eigenvalue weighted by molar-refractivity contribution is 5.76. The Kier molecular flexibility index (Phi) is 5.41. The smallest absolute Gasteiger partial charge is 0.222 e. The predicted octanol–water partition coefficient (Wildman–Crippen LogP) is -0.554. The van der Waals surface area contributed by atoms with Crippen molar-refractivity contribution in [1.82, 2.24) is 20.0 Å². The summed E-state index contributed by atoms with van der Waals surface area (Å²) in [5.41, 5.74) is 0. The van der Waals surface area contributed by atoms with E-state index in [0.717, 1.165) is 65.3 Å². The Morgan fingerprint density at radius 2 is 1.72 bits per heavy atom. The zero-order chi connectivity index (χ0) is 12.8. The Morgan fingerprint density at radius 1 is 1.06 bits per heavy atom. The molecule has 0 aromatic carbocycles. The number of piperazine rings is 2. The number of likely N-dealkylation sites (N-methyl/N-ethyl adjacent to an activating group) is 1. The molecule has 0 radical (unpaired) electrons. The van der Waals surface area contributed by atoms with Gasteiger partial charge in [-0.2, -0.15) is 0 Å². The van der Waals surface area contributed by atoms with E-state index in [2.05, 4.69) is 22.2 Å². The number of hydrogen-bond donors (Lipinski definition) is 1. The second-order valence-corrected chi connectivity index (χ2v) is 5.38. The quantitative estimate of drug-likeness (QED) is 0.730. The third-order valence-corrected chi connectivity index (χ3v) is 3.93. The number of carbonyl (C=O) groups excluding carboxylic acids is 1. The molecule has 0 saturated carbocycles. The van der Waals surface area contributed by atoms with Crippen LogP contribution in [0.4, 0.5) is 0 Å². The topological polar surface area (TPSA) is 38.8 Å². The molecule has 0 bridgehead atoms. The minimum atomic E-state index is 0.346.